The van der Waals surface area contributed by atoms with E-state index < -0.39 is 0 Å². The van der Waals surface area contributed by atoms with Gasteiger partial charge < -0.3 is 0 Å². The molecule has 41 heavy (non-hydrogen) atoms. The van der Waals surface area contributed by atoms with Crippen molar-refractivity contribution in [2.24, 2.45) is 5.92 Å². The van der Waals surface area contributed by atoms with Gasteiger partial charge in [0, 0.05) is 67.6 Å². The maximum Gasteiger partial charge on any atom is 0 e. The van der Waals surface area contributed by atoms with Gasteiger partial charge in [0.05, 0.1) is 0 Å². The van der Waals surface area contributed by atoms with Crippen LogP contribution in [0.1, 0.15) is 17.0 Å². The molecular weight excluding hydrogens is 692 g/mol. The van der Waals surface area contributed by atoms with Gasteiger partial charge in [-0.05, 0) is 22.3 Å². The molecule has 0 saturated carbocycles. The Morgan fingerprint density at radius 2 is 0.634 bits per heavy atom. The van der Waals surface area contributed by atoms with Gasteiger partial charge in [-0.3, -0.25) is 0 Å². The summed E-state index contributed by atoms with van der Waals surface area (Å²) >= 11 is 0. The van der Waals surface area contributed by atoms with Gasteiger partial charge in [0.1, 0.15) is 0 Å². The maximum atomic E-state index is 7.50. The van der Waals surface area contributed by atoms with E-state index in [1.165, 1.54) is 22.3 Å². The SMILES string of the molecule is C1=CC=CC(C2c3ccccc3-c3ccccc32)C=C1.[C-]#[O+].[C-]#[O+].[C-]#[O+].[C-]#[O+].[C-]#[O+].[C-]#[O+].[C-]#[O+].[C-]#[O+].[C-]#[O+].[Cr].[Cr].[Mo]. The fraction of sp³-hybridized carbons (Fsp3) is 0.0690. The topological polar surface area (TPSA) is 179 Å². The first kappa shape index (κ1) is 61.9. The maximum absolute atomic E-state index is 7.50. The van der Waals surface area contributed by atoms with Gasteiger partial charge in [-0.15, -0.1) is 0 Å². The summed E-state index contributed by atoms with van der Waals surface area (Å²) in [7, 11) is 0. The molecule has 2 aliphatic carbocycles. The Labute approximate surface area is 275 Å². The van der Waals surface area contributed by atoms with Crippen LogP contribution in [0.4, 0.5) is 0 Å². The zero-order valence-electron chi connectivity index (χ0n) is 20.6. The van der Waals surface area contributed by atoms with E-state index in [4.69, 9.17) is 41.9 Å². The smallest absolute Gasteiger partial charge is 0 e. The molecule has 4 rings (SSSR count). The van der Waals surface area contributed by atoms with Crippen LogP contribution >= 0.6 is 0 Å². The third-order valence-corrected chi connectivity index (χ3v) is 4.27. The van der Waals surface area contributed by atoms with Crippen LogP contribution in [0.5, 0.6) is 0 Å². The first-order valence-corrected chi connectivity index (χ1v) is 8.99. The van der Waals surface area contributed by atoms with Crippen LogP contribution in [0.2, 0.25) is 0 Å². The van der Waals surface area contributed by atoms with Crippen molar-refractivity contribution in [2.45, 2.75) is 5.92 Å². The molecule has 0 unspecified atom stereocenters. The third-order valence-electron chi connectivity index (χ3n) is 4.27. The fourth-order valence-corrected chi connectivity index (χ4v) is 3.41. The summed E-state index contributed by atoms with van der Waals surface area (Å²) in [6.45, 7) is 40.5. The zero-order valence-corrected chi connectivity index (χ0v) is 25.2. The molecule has 0 bridgehead atoms. The predicted octanol–water partition coefficient (Wildman–Crippen LogP) is 4.75. The number of rotatable bonds is 1. The van der Waals surface area contributed by atoms with Crippen LogP contribution in [-0.2, 0) is 97.7 Å². The second-order valence-corrected chi connectivity index (χ2v) is 5.38. The molecule has 9 nitrogen and oxygen atoms in total. The summed E-state index contributed by atoms with van der Waals surface area (Å²) in [4.78, 5) is 0. The van der Waals surface area contributed by atoms with E-state index in [9.17, 15) is 0 Å². The second-order valence-electron chi connectivity index (χ2n) is 5.38. The Morgan fingerprint density at radius 1 is 0.390 bits per heavy atom. The van der Waals surface area contributed by atoms with Gasteiger partial charge in [0.25, 0.3) is 0 Å². The van der Waals surface area contributed by atoms with Gasteiger partial charge in [-0.2, -0.15) is 0 Å². The van der Waals surface area contributed by atoms with Crippen molar-refractivity contribution in [3.63, 3.8) is 0 Å². The number of hydrogen-bond donors (Lipinski definition) is 0. The molecule has 0 heterocycles. The summed E-state index contributed by atoms with van der Waals surface area (Å²) in [6.07, 6.45) is 13.1. The molecule has 0 N–H and O–H groups in total. The summed E-state index contributed by atoms with van der Waals surface area (Å²) in [5.74, 6) is 0.865. The molecule has 2 aliphatic rings. The molecule has 0 aromatic heterocycles. The van der Waals surface area contributed by atoms with Crippen molar-refractivity contribution >= 4 is 0 Å². The normalized spacial score (nSPS) is 8.73. The van der Waals surface area contributed by atoms with Crippen LogP contribution < -0.4 is 0 Å². The average molecular weight is 708 g/mol. The van der Waals surface area contributed by atoms with E-state index in [2.05, 4.69) is 145 Å². The van der Waals surface area contributed by atoms with E-state index in [1.54, 1.807) is 0 Å². The van der Waals surface area contributed by atoms with Gasteiger partial charge in [-0.25, -0.2) is 0 Å². The molecule has 2 aromatic rings. The first-order valence-electron chi connectivity index (χ1n) is 8.99. The summed E-state index contributed by atoms with van der Waals surface area (Å²) in [6, 6.07) is 17.6. The molecular formula is C29H16Cr2MoO9. The molecule has 0 fully saturated rings. The van der Waals surface area contributed by atoms with Crippen LogP contribution in [0.15, 0.2) is 85.0 Å². The zero-order chi connectivity index (χ0) is 31.4. The van der Waals surface area contributed by atoms with Crippen LogP contribution in [-0.4, -0.2) is 0 Å². The molecule has 2 aromatic carbocycles. The van der Waals surface area contributed by atoms with Gasteiger partial charge in [-0.1, -0.05) is 85.0 Å². The fourth-order valence-electron chi connectivity index (χ4n) is 3.41. The number of allylic oxidation sites excluding steroid dienone is 6. The van der Waals surface area contributed by atoms with Crippen molar-refractivity contribution in [1.29, 1.82) is 0 Å². The van der Waals surface area contributed by atoms with Crippen LogP contribution in [0.3, 0.4) is 0 Å². The second kappa shape index (κ2) is 57.1. The Hall–Kier alpha value is -2.93. The molecule has 0 radical (unpaired) electrons. The number of fused-ring (bicyclic) bond motifs is 3. The van der Waals surface area contributed by atoms with E-state index in [0.717, 1.165) is 0 Å². The molecule has 12 heteroatoms. The molecule has 0 spiro atoms. The summed E-state index contributed by atoms with van der Waals surface area (Å²) in [5, 5.41) is 0. The van der Waals surface area contributed by atoms with Crippen LogP contribution in [0, 0.1) is 65.8 Å². The van der Waals surface area contributed by atoms with E-state index >= 15 is 0 Å². The quantitative estimate of drug-likeness (QED) is 0.226. The molecule has 0 amide bonds. The van der Waals surface area contributed by atoms with Crippen molar-refractivity contribution in [2.75, 3.05) is 0 Å². The van der Waals surface area contributed by atoms with Gasteiger partial charge in [0.2, 0.25) is 0 Å². The predicted molar refractivity (Wildman–Crippen MR) is 120 cm³/mol. The number of benzene rings is 2. The van der Waals surface area contributed by atoms with Crippen molar-refractivity contribution in [1.82, 2.24) is 0 Å². The van der Waals surface area contributed by atoms with E-state index in [-0.39, 0.29) is 55.8 Å². The van der Waals surface area contributed by atoms with Crippen molar-refractivity contribution < 1.29 is 97.7 Å². The Kier molecular flexibility index (Phi) is 86.2. The largest absolute Gasteiger partial charge is 0 e. The molecule has 0 saturated heterocycles. The monoisotopic (exact) mass is 710 g/mol. The standard InChI is InChI=1S/C20H16.9CO.2Cr.Mo/c1-2-4-10-15(9-3-1)20-18-13-7-5-11-16(18)17-12-6-8-14-19(17)20;9*1-2;;;/h1-15,20H;;;;;;;;;;;;. The van der Waals surface area contributed by atoms with E-state index in [1.807, 2.05) is 0 Å². The molecule has 204 valence electrons. The van der Waals surface area contributed by atoms with Gasteiger partial charge in [0.15, 0.2) is 0 Å². The van der Waals surface area contributed by atoms with Gasteiger partial charge >= 0.3 is 102 Å². The Morgan fingerprint density at radius 3 is 0.902 bits per heavy atom. The van der Waals surface area contributed by atoms with Crippen molar-refractivity contribution in [3.8, 4) is 11.1 Å². The number of hydrogen-bond acceptors (Lipinski definition) is 0. The van der Waals surface area contributed by atoms with Crippen molar-refractivity contribution in [3.05, 3.63) is 156 Å². The summed E-state index contributed by atoms with van der Waals surface area (Å²) in [5.41, 5.74) is 5.70. The Balaban J connectivity index is -0.0000000606. The molecule has 0 atom stereocenters. The minimum absolute atomic E-state index is 0. The molecule has 0 aliphatic heterocycles. The summed E-state index contributed by atoms with van der Waals surface area (Å²) < 4.78 is 67.5. The first-order chi connectivity index (χ1) is 18.9. The third kappa shape index (κ3) is 23.5. The average Bonchev–Trinajstić information content (AvgIpc) is 3.19. The van der Waals surface area contributed by atoms with Crippen LogP contribution in [0.25, 0.3) is 11.1 Å². The Bertz CT molecular complexity index is 1010. The minimum Gasteiger partial charge on any atom is 0 e. The van der Waals surface area contributed by atoms with E-state index in [0.29, 0.717) is 11.8 Å². The minimum atomic E-state index is 0.